The highest BCUT2D eigenvalue weighted by Gasteiger charge is 2.42. The lowest BCUT2D eigenvalue weighted by molar-refractivity contribution is -0.152. The van der Waals surface area contributed by atoms with E-state index in [2.05, 4.69) is 64.5 Å². The molecule has 1 aliphatic carbocycles. The molecule has 2 aliphatic heterocycles. The zero-order valence-electron chi connectivity index (χ0n) is 27.4. The van der Waals surface area contributed by atoms with Crippen molar-refractivity contribution in [3.8, 4) is 11.1 Å². The minimum absolute atomic E-state index is 0.00821. The van der Waals surface area contributed by atoms with Crippen LogP contribution in [0.2, 0.25) is 0 Å². The van der Waals surface area contributed by atoms with E-state index in [9.17, 15) is 14.4 Å². The summed E-state index contributed by atoms with van der Waals surface area (Å²) in [7, 11) is 0. The topological polar surface area (TPSA) is 93.8 Å². The molecule has 0 radical (unpaired) electrons. The summed E-state index contributed by atoms with van der Waals surface area (Å²) in [5.41, 5.74) is 4.15. The second-order valence-electron chi connectivity index (χ2n) is 13.6. The van der Waals surface area contributed by atoms with Crippen molar-refractivity contribution in [2.75, 3.05) is 32.7 Å². The largest absolute Gasteiger partial charge is 0.342 e. The lowest BCUT2D eigenvalue weighted by Crippen LogP contribution is -2.66. The van der Waals surface area contributed by atoms with Crippen LogP contribution in [0.1, 0.15) is 36.8 Å². The first kappa shape index (κ1) is 32.0. The normalized spacial score (nSPS) is 20.1. The molecule has 3 N–H and O–H groups in total. The predicted octanol–water partition coefficient (Wildman–Crippen LogP) is 4.53. The van der Waals surface area contributed by atoms with Gasteiger partial charge >= 0.3 is 0 Å². The highest BCUT2D eigenvalue weighted by Crippen LogP contribution is 2.25. The highest BCUT2D eigenvalue weighted by molar-refractivity contribution is 5.97. The maximum atomic E-state index is 14.4. The number of hydrogen-bond donors (Lipinski definition) is 3. The standard InChI is InChI=1S/C40H45N5O3/c46-38(24-42-35-16-17-35)44(25-29-18-20-41-21-19-29)27-37-39(47)43-36(23-30-12-15-32-8-4-5-9-34(32)22-30)40(48)45(37)26-28-10-13-33(14-11-28)31-6-2-1-3-7-31/h1-15,22,29,35-37,41-42H,16-21,23-27H2,(H,43,47). The molecule has 2 unspecified atom stereocenters. The fourth-order valence-electron chi connectivity index (χ4n) is 7.06. The number of carbonyl (C=O) groups excluding carboxylic acids is 3. The Hall–Kier alpha value is -4.53. The molecule has 1 saturated carbocycles. The van der Waals surface area contributed by atoms with E-state index < -0.39 is 12.1 Å². The molecule has 3 fully saturated rings. The number of nitrogens with zero attached hydrogens (tertiary/aromatic N) is 2. The Labute approximate surface area is 282 Å². The van der Waals surface area contributed by atoms with Gasteiger partial charge in [0.05, 0.1) is 13.1 Å². The van der Waals surface area contributed by atoms with Crippen LogP contribution in [0, 0.1) is 5.92 Å². The van der Waals surface area contributed by atoms with Gasteiger partial charge in [-0.15, -0.1) is 0 Å². The van der Waals surface area contributed by atoms with E-state index in [1.165, 1.54) is 0 Å². The molecular weight excluding hydrogens is 598 g/mol. The predicted molar refractivity (Wildman–Crippen MR) is 189 cm³/mol. The molecule has 2 heterocycles. The molecule has 2 saturated heterocycles. The van der Waals surface area contributed by atoms with E-state index in [0.29, 0.717) is 24.9 Å². The van der Waals surface area contributed by atoms with Crippen LogP contribution in [0.25, 0.3) is 21.9 Å². The first-order valence-electron chi connectivity index (χ1n) is 17.4. The number of fused-ring (bicyclic) bond motifs is 1. The van der Waals surface area contributed by atoms with E-state index >= 15 is 0 Å². The number of carbonyl (C=O) groups is 3. The summed E-state index contributed by atoms with van der Waals surface area (Å²) in [5, 5.41) is 12.1. The van der Waals surface area contributed by atoms with Crippen molar-refractivity contribution in [3.05, 3.63) is 108 Å². The van der Waals surface area contributed by atoms with Crippen molar-refractivity contribution < 1.29 is 14.4 Å². The summed E-state index contributed by atoms with van der Waals surface area (Å²) >= 11 is 0. The molecule has 8 heteroatoms. The smallest absolute Gasteiger partial charge is 0.246 e. The van der Waals surface area contributed by atoms with E-state index in [0.717, 1.165) is 71.8 Å². The van der Waals surface area contributed by atoms with Crippen LogP contribution in [0.5, 0.6) is 0 Å². The number of piperidine rings is 1. The van der Waals surface area contributed by atoms with Crippen molar-refractivity contribution in [3.63, 3.8) is 0 Å². The fourth-order valence-corrected chi connectivity index (χ4v) is 7.06. The third-order valence-corrected chi connectivity index (χ3v) is 10.0. The molecular formula is C40H45N5O3. The Balaban J connectivity index is 1.15. The van der Waals surface area contributed by atoms with Gasteiger partial charge in [-0.2, -0.15) is 0 Å². The second-order valence-corrected chi connectivity index (χ2v) is 13.6. The first-order valence-corrected chi connectivity index (χ1v) is 17.4. The van der Waals surface area contributed by atoms with Crippen molar-refractivity contribution in [2.24, 2.45) is 5.92 Å². The van der Waals surface area contributed by atoms with Crippen molar-refractivity contribution in [1.82, 2.24) is 25.8 Å². The summed E-state index contributed by atoms with van der Waals surface area (Å²) in [6, 6.07) is 31.7. The summed E-state index contributed by atoms with van der Waals surface area (Å²) in [5.74, 6) is 0.0223. The minimum Gasteiger partial charge on any atom is -0.342 e. The van der Waals surface area contributed by atoms with Crippen LogP contribution in [-0.2, 0) is 27.3 Å². The lowest BCUT2D eigenvalue weighted by Gasteiger charge is -2.42. The molecule has 248 valence electrons. The fraction of sp³-hybridized carbons (Fsp3) is 0.375. The molecule has 0 bridgehead atoms. The van der Waals surface area contributed by atoms with E-state index in [1.807, 2.05) is 53.4 Å². The third kappa shape index (κ3) is 7.77. The summed E-state index contributed by atoms with van der Waals surface area (Å²) in [6.45, 7) is 3.16. The summed E-state index contributed by atoms with van der Waals surface area (Å²) < 4.78 is 0. The molecule has 4 aromatic rings. The lowest BCUT2D eigenvalue weighted by atomic mass is 9.95. The maximum Gasteiger partial charge on any atom is 0.246 e. The molecule has 4 aromatic carbocycles. The van der Waals surface area contributed by atoms with Gasteiger partial charge in [-0.05, 0) is 77.7 Å². The molecule has 7 rings (SSSR count). The van der Waals surface area contributed by atoms with Crippen LogP contribution < -0.4 is 16.0 Å². The SMILES string of the molecule is O=C1NC(Cc2ccc3ccccc3c2)C(=O)N(Cc2ccc(-c3ccccc3)cc2)C1CN(CC1CCNCC1)C(=O)CNC1CC1. The maximum absolute atomic E-state index is 14.4. The van der Waals surface area contributed by atoms with E-state index in [-0.39, 0.29) is 37.4 Å². The van der Waals surface area contributed by atoms with Gasteiger partial charge in [-0.1, -0.05) is 97.1 Å². The first-order chi connectivity index (χ1) is 23.5. The Kier molecular flexibility index (Phi) is 9.82. The van der Waals surface area contributed by atoms with E-state index in [1.54, 1.807) is 4.90 Å². The Bertz CT molecular complexity index is 1730. The third-order valence-electron chi connectivity index (χ3n) is 10.0. The molecule has 3 aliphatic rings. The van der Waals surface area contributed by atoms with Gasteiger partial charge in [0.1, 0.15) is 12.1 Å². The van der Waals surface area contributed by atoms with E-state index in [4.69, 9.17) is 0 Å². The summed E-state index contributed by atoms with van der Waals surface area (Å²) in [6.07, 6.45) is 4.56. The van der Waals surface area contributed by atoms with Crippen LogP contribution in [0.4, 0.5) is 0 Å². The number of piperazine rings is 1. The quantitative estimate of drug-likeness (QED) is 0.211. The van der Waals surface area contributed by atoms with Crippen molar-refractivity contribution in [2.45, 2.75) is 56.8 Å². The minimum atomic E-state index is -0.786. The Morgan fingerprint density at radius 1 is 0.771 bits per heavy atom. The average molecular weight is 644 g/mol. The van der Waals surface area contributed by atoms with Crippen molar-refractivity contribution >= 4 is 28.5 Å². The molecule has 0 spiro atoms. The zero-order chi connectivity index (χ0) is 32.9. The molecule has 0 aromatic heterocycles. The Morgan fingerprint density at radius 3 is 2.21 bits per heavy atom. The molecule has 8 nitrogen and oxygen atoms in total. The summed E-state index contributed by atoms with van der Waals surface area (Å²) in [4.78, 5) is 45.7. The van der Waals surface area contributed by atoms with Gasteiger partial charge in [-0.25, -0.2) is 0 Å². The van der Waals surface area contributed by atoms with Gasteiger partial charge in [0.25, 0.3) is 0 Å². The number of amides is 3. The number of rotatable bonds is 12. The molecule has 3 amide bonds. The van der Waals surface area contributed by atoms with Crippen LogP contribution in [0.3, 0.4) is 0 Å². The number of nitrogens with one attached hydrogen (secondary N) is 3. The molecule has 48 heavy (non-hydrogen) atoms. The zero-order valence-corrected chi connectivity index (χ0v) is 27.4. The average Bonchev–Trinajstić information content (AvgIpc) is 3.96. The number of benzene rings is 4. The monoisotopic (exact) mass is 643 g/mol. The van der Waals surface area contributed by atoms with Crippen LogP contribution in [-0.4, -0.2) is 78.4 Å². The van der Waals surface area contributed by atoms with Gasteiger partial charge in [0, 0.05) is 25.6 Å². The molecule has 2 atom stereocenters. The van der Waals surface area contributed by atoms with Crippen LogP contribution in [0.15, 0.2) is 97.1 Å². The highest BCUT2D eigenvalue weighted by atomic mass is 16.2. The van der Waals surface area contributed by atoms with Crippen molar-refractivity contribution in [1.29, 1.82) is 0 Å². The van der Waals surface area contributed by atoms with Gasteiger partial charge < -0.3 is 25.8 Å². The van der Waals surface area contributed by atoms with Gasteiger partial charge in [0.2, 0.25) is 17.7 Å². The second kappa shape index (κ2) is 14.7. The Morgan fingerprint density at radius 2 is 1.46 bits per heavy atom. The van der Waals surface area contributed by atoms with Crippen LogP contribution >= 0.6 is 0 Å². The van der Waals surface area contributed by atoms with Gasteiger partial charge in [-0.3, -0.25) is 14.4 Å². The van der Waals surface area contributed by atoms with Gasteiger partial charge in [0.15, 0.2) is 0 Å². The number of hydrogen-bond acceptors (Lipinski definition) is 5.